The van der Waals surface area contributed by atoms with Crippen molar-refractivity contribution in [2.24, 2.45) is 17.6 Å². The number of fused-ring (bicyclic) bond motifs is 5. The van der Waals surface area contributed by atoms with Crippen molar-refractivity contribution in [2.75, 3.05) is 63.8 Å². The van der Waals surface area contributed by atoms with Crippen molar-refractivity contribution in [3.05, 3.63) is 86.7 Å². The Kier molecular flexibility index (Phi) is 22.2. The van der Waals surface area contributed by atoms with Crippen LogP contribution in [0.5, 0.6) is 5.75 Å². The Morgan fingerprint density at radius 2 is 1.54 bits per heavy atom. The fourth-order valence-corrected chi connectivity index (χ4v) is 10.5. The summed E-state index contributed by atoms with van der Waals surface area (Å²) in [4.78, 5) is 123. The molecule has 24 nitrogen and oxygen atoms in total. The summed E-state index contributed by atoms with van der Waals surface area (Å²) < 4.78 is 28.5. The summed E-state index contributed by atoms with van der Waals surface area (Å²) in [7, 11) is 5.95. The van der Waals surface area contributed by atoms with Crippen LogP contribution in [-0.2, 0) is 69.9 Å². The minimum Gasteiger partial charge on any atom is -0.465 e. The number of cyclic esters (lactones) is 1. The lowest BCUT2D eigenvalue weighted by Crippen LogP contribution is -2.54. The van der Waals surface area contributed by atoms with Gasteiger partial charge in [0.1, 0.15) is 44.3 Å². The lowest BCUT2D eigenvalue weighted by molar-refractivity contribution is -0.172. The third kappa shape index (κ3) is 16.1. The molecule has 81 heavy (non-hydrogen) atoms. The zero-order valence-electron chi connectivity index (χ0n) is 46.7. The highest BCUT2D eigenvalue weighted by atomic mass is 33.1. The molecule has 438 valence electrons. The number of esters is 2. The van der Waals surface area contributed by atoms with Gasteiger partial charge in [0.2, 0.25) is 11.8 Å². The number of hydrogen-bond donors (Lipinski definition) is 6. The molecule has 0 unspecified atom stereocenters. The lowest BCUT2D eigenvalue weighted by atomic mass is 9.86. The molecule has 4 aromatic rings. The first-order valence-electron chi connectivity index (χ1n) is 26.6. The van der Waals surface area contributed by atoms with Gasteiger partial charge < -0.3 is 70.2 Å². The number of anilines is 1. The van der Waals surface area contributed by atoms with Gasteiger partial charge in [0, 0.05) is 67.4 Å². The fraction of sp³-hybridized carbons (Fsp3) is 0.491. The van der Waals surface area contributed by atoms with Crippen molar-refractivity contribution in [2.45, 2.75) is 105 Å². The van der Waals surface area contributed by atoms with Crippen LogP contribution in [0.4, 0.5) is 24.9 Å². The highest BCUT2D eigenvalue weighted by Gasteiger charge is 2.45. The van der Waals surface area contributed by atoms with E-state index in [-0.39, 0.29) is 106 Å². The molecule has 2 aromatic heterocycles. The van der Waals surface area contributed by atoms with Crippen molar-refractivity contribution in [3.63, 3.8) is 0 Å². The Morgan fingerprint density at radius 3 is 2.19 bits per heavy atom. The van der Waals surface area contributed by atoms with Crippen LogP contribution in [0.1, 0.15) is 88.6 Å². The number of primary amides is 1. The number of carbonyl (C=O) groups is 8. The van der Waals surface area contributed by atoms with Crippen LogP contribution < -0.4 is 37.3 Å². The van der Waals surface area contributed by atoms with Crippen molar-refractivity contribution in [1.29, 1.82) is 0 Å². The molecule has 0 saturated heterocycles. The predicted octanol–water partition coefficient (Wildman–Crippen LogP) is 5.54. The van der Waals surface area contributed by atoms with Crippen LogP contribution in [0, 0.1) is 11.8 Å². The average molecular weight is 1160 g/mol. The van der Waals surface area contributed by atoms with Crippen LogP contribution in [-0.4, -0.2) is 143 Å². The third-order valence-electron chi connectivity index (χ3n) is 13.5. The summed E-state index contributed by atoms with van der Waals surface area (Å²) >= 11 is 0. The van der Waals surface area contributed by atoms with Gasteiger partial charge in [-0.25, -0.2) is 29.0 Å². The Balaban J connectivity index is 0.966. The second-order valence-corrected chi connectivity index (χ2v) is 22.7. The molecule has 4 heterocycles. The molecule has 0 radical (unpaired) electrons. The number of rotatable bonds is 26. The van der Waals surface area contributed by atoms with E-state index in [0.717, 1.165) is 16.5 Å². The number of ether oxygens (including phenoxy) is 5. The third-order valence-corrected chi connectivity index (χ3v) is 15.8. The molecule has 6 rings (SSSR count). The number of hydrogen-bond acceptors (Lipinski definition) is 18. The number of nitrogens with two attached hydrogens (primary N) is 1. The number of likely N-dealkylation sites (N-methyl/N-ethyl adjacent to an activating group) is 2. The van der Waals surface area contributed by atoms with Crippen LogP contribution in [0.25, 0.3) is 22.3 Å². The smallest absolute Gasteiger partial charge is 0.415 e. The van der Waals surface area contributed by atoms with E-state index < -0.39 is 65.7 Å². The molecule has 2 aromatic carbocycles. The molecule has 0 saturated carbocycles. The predicted molar refractivity (Wildman–Crippen MR) is 303 cm³/mol. The fourth-order valence-electron chi connectivity index (χ4n) is 8.82. The first-order valence-corrected chi connectivity index (χ1v) is 29.1. The number of benzene rings is 2. The molecular weight excluding hydrogens is 1090 g/mol. The van der Waals surface area contributed by atoms with Crippen molar-refractivity contribution in [1.82, 2.24) is 35.3 Å². The second kappa shape index (κ2) is 28.7. The summed E-state index contributed by atoms with van der Waals surface area (Å²) in [6.07, 6.45) is -1.20. The normalized spacial score (nSPS) is 14.8. The number of nitrogens with zero attached hydrogens (tertiary/aromatic N) is 4. The maximum Gasteiger partial charge on any atom is 0.415 e. The number of nitrogens with one attached hydrogen (secondary N) is 4. The minimum atomic E-state index is -1.95. The molecule has 26 heteroatoms. The summed E-state index contributed by atoms with van der Waals surface area (Å²) in [5.41, 5.74) is 7.65. The van der Waals surface area contributed by atoms with Gasteiger partial charge in [-0.15, -0.1) is 0 Å². The van der Waals surface area contributed by atoms with Gasteiger partial charge in [0.05, 0.1) is 34.9 Å². The number of alkyl carbamates (subject to hydrolysis) is 1. The Hall–Kier alpha value is -7.58. The van der Waals surface area contributed by atoms with Crippen LogP contribution in [0.15, 0.2) is 53.3 Å². The number of carbonyl (C=O) groups excluding carboxylic acids is 8. The largest absolute Gasteiger partial charge is 0.465 e. The number of urea groups is 1. The molecule has 0 bridgehead atoms. The number of aryl methyl sites for hydroxylation is 1. The summed E-state index contributed by atoms with van der Waals surface area (Å²) in [5.74, 6) is -1.61. The lowest BCUT2D eigenvalue weighted by Gasteiger charge is -2.31. The van der Waals surface area contributed by atoms with Crippen molar-refractivity contribution in [3.8, 4) is 17.1 Å². The van der Waals surface area contributed by atoms with E-state index in [1.54, 1.807) is 87.7 Å². The molecule has 0 spiro atoms. The number of aromatic nitrogens is 2. The SMILES string of the molecule is CCc1c2c(nc3ccc(OC(=O)N(C)CCN(C)C(=O)OCc4ccc(NC(=O)[C@H](CCCNC(N)=O)NC(=O)[C@@H](NC(=O)OCCSSCCOC(=O)C(C)C)C(C)C)cc4)cc13)-c1cc3c(c(=O)n1C2)COC(=O)[C@]3(O)CC. The molecule has 2 aliphatic heterocycles. The molecule has 3 atom stereocenters. The second-order valence-electron chi connectivity index (χ2n) is 20.0. The molecule has 0 fully saturated rings. The molecule has 7 amide bonds. The van der Waals surface area contributed by atoms with Gasteiger partial charge in [-0.2, -0.15) is 0 Å². The number of aliphatic hydroxyl groups is 1. The van der Waals surface area contributed by atoms with E-state index in [1.165, 1.54) is 45.5 Å². The maximum absolute atomic E-state index is 13.7. The minimum absolute atomic E-state index is 0.0253. The van der Waals surface area contributed by atoms with Crippen LogP contribution in [0.2, 0.25) is 0 Å². The summed E-state index contributed by atoms with van der Waals surface area (Å²) in [6, 6.07) is 10.3. The number of pyridine rings is 2. The average Bonchev–Trinajstić information content (AvgIpc) is 3.81. The zero-order valence-corrected chi connectivity index (χ0v) is 48.3. The van der Waals surface area contributed by atoms with Crippen molar-refractivity contribution >= 4 is 86.2 Å². The van der Waals surface area contributed by atoms with Gasteiger partial charge in [0.25, 0.3) is 5.56 Å². The van der Waals surface area contributed by atoms with Gasteiger partial charge >= 0.3 is 36.2 Å². The van der Waals surface area contributed by atoms with E-state index >= 15 is 0 Å². The van der Waals surface area contributed by atoms with Gasteiger partial charge in [-0.3, -0.25) is 19.2 Å². The highest BCUT2D eigenvalue weighted by Crippen LogP contribution is 2.41. The molecule has 0 aliphatic carbocycles. The number of amides is 7. The molecular formula is C55H71N9O15S2. The topological polar surface area (TPSA) is 318 Å². The van der Waals surface area contributed by atoms with Gasteiger partial charge in [-0.1, -0.05) is 75.3 Å². The zero-order chi connectivity index (χ0) is 59.1. The van der Waals surface area contributed by atoms with Gasteiger partial charge in [-0.05, 0) is 79.1 Å². The highest BCUT2D eigenvalue weighted by molar-refractivity contribution is 8.76. The quantitative estimate of drug-likeness (QED) is 0.0171. The van der Waals surface area contributed by atoms with Crippen LogP contribution in [0.3, 0.4) is 0 Å². The Labute approximate surface area is 476 Å². The van der Waals surface area contributed by atoms with Crippen molar-refractivity contribution < 1.29 is 67.1 Å². The molecule has 2 aliphatic rings. The Morgan fingerprint density at radius 1 is 0.864 bits per heavy atom. The van der Waals surface area contributed by atoms with E-state index in [4.69, 9.17) is 34.4 Å². The molecule has 7 N–H and O–H groups in total. The Bertz CT molecular complexity index is 3050. The summed E-state index contributed by atoms with van der Waals surface area (Å²) in [5, 5.41) is 22.5. The summed E-state index contributed by atoms with van der Waals surface area (Å²) in [6.45, 7) is 11.1. The monoisotopic (exact) mass is 1160 g/mol. The van der Waals surface area contributed by atoms with E-state index in [9.17, 15) is 48.3 Å². The first-order chi connectivity index (χ1) is 38.6. The van der Waals surface area contributed by atoms with E-state index in [1.807, 2.05) is 6.92 Å². The van der Waals surface area contributed by atoms with Crippen LogP contribution >= 0.6 is 21.6 Å². The van der Waals surface area contributed by atoms with E-state index in [2.05, 4.69) is 21.3 Å². The van der Waals surface area contributed by atoms with Gasteiger partial charge in [0.15, 0.2) is 5.60 Å². The standard InChI is InChI=1S/C55H71N9O15S2/c1-9-36-37-26-35(17-18-41(37)59-45-38(36)28-64-43(45)27-40-39(48(64)67)30-77-50(69)55(40,74)10-2)79-54(73)63(8)21-20-62(7)53(72)78-29-33-13-15-34(16-14-33)58-46(65)42(12-11-19-57-51(56)70)60-47(66)44(31(3)4)61-52(71)76-23-25-81-80-24-22-75-49(68)32(5)6/h13-18,26-27,31-32,42,44,74H,9-12,19-25,28-30H2,1-8H3,(H,58,65)(H,60,66)(H,61,71)(H3,56,57,70)/t42-,44-,55-/m0/s1. The van der Waals surface area contributed by atoms with E-state index in [0.29, 0.717) is 46.1 Å². The maximum atomic E-state index is 13.7. The first kappa shape index (κ1) is 62.6.